The molecule has 0 saturated heterocycles. The third-order valence-electron chi connectivity index (χ3n) is 4.42. The van der Waals surface area contributed by atoms with Gasteiger partial charge in [0, 0.05) is 12.0 Å². The topological polar surface area (TPSA) is 77.5 Å². The van der Waals surface area contributed by atoms with Crippen LogP contribution in [0, 0.1) is 6.92 Å². The van der Waals surface area contributed by atoms with E-state index in [0.29, 0.717) is 12.0 Å². The summed E-state index contributed by atoms with van der Waals surface area (Å²) in [4.78, 5) is 23.7. The van der Waals surface area contributed by atoms with Crippen LogP contribution in [0.2, 0.25) is 0 Å². The summed E-state index contributed by atoms with van der Waals surface area (Å²) in [5.41, 5.74) is 2.41. The van der Waals surface area contributed by atoms with Crippen LogP contribution in [0.4, 0.5) is 0 Å². The van der Waals surface area contributed by atoms with Gasteiger partial charge in [0.1, 0.15) is 4.90 Å². The van der Waals surface area contributed by atoms with E-state index < -0.39 is 10.1 Å². The summed E-state index contributed by atoms with van der Waals surface area (Å²) in [5.74, 6) is -0.274. The lowest BCUT2D eigenvalue weighted by atomic mass is 9.98. The minimum absolute atomic E-state index is 0.0368. The summed E-state index contributed by atoms with van der Waals surface area (Å²) in [6.45, 7) is 5.19. The fourth-order valence-electron chi connectivity index (χ4n) is 3.21. The third kappa shape index (κ3) is 3.09. The molecule has 1 aliphatic rings. The first-order valence-corrected chi connectivity index (χ1v) is 9.33. The maximum absolute atomic E-state index is 12.6. The summed E-state index contributed by atoms with van der Waals surface area (Å²) in [5, 5.41) is 0. The first kappa shape index (κ1) is 17.4. The molecule has 6 heteroatoms. The quantitative estimate of drug-likeness (QED) is 0.616. The van der Waals surface area contributed by atoms with Crippen LogP contribution in [-0.2, 0) is 10.1 Å². The van der Waals surface area contributed by atoms with Crippen molar-refractivity contribution in [1.82, 2.24) is 0 Å². The van der Waals surface area contributed by atoms with Gasteiger partial charge in [-0.2, -0.15) is 8.42 Å². The Bertz CT molecular complexity index is 989. The highest BCUT2D eigenvalue weighted by atomic mass is 32.2. The molecule has 0 aliphatic heterocycles. The van der Waals surface area contributed by atoms with Gasteiger partial charge < -0.3 is 4.18 Å². The predicted molar refractivity (Wildman–Crippen MR) is 92.8 cm³/mol. The molecule has 5 nitrogen and oxygen atoms in total. The van der Waals surface area contributed by atoms with Crippen molar-refractivity contribution in [3.8, 4) is 5.75 Å². The zero-order valence-electron chi connectivity index (χ0n) is 14.2. The monoisotopic (exact) mass is 358 g/mol. The predicted octanol–water partition coefficient (Wildman–Crippen LogP) is 3.66. The molecule has 0 N–H and O–H groups in total. The summed E-state index contributed by atoms with van der Waals surface area (Å²) in [6, 6.07) is 8.92. The highest BCUT2D eigenvalue weighted by Crippen LogP contribution is 2.40. The second-order valence-electron chi connectivity index (χ2n) is 6.32. The highest BCUT2D eigenvalue weighted by Gasteiger charge is 2.32. The average Bonchev–Trinajstić information content (AvgIpc) is 2.86. The molecule has 0 saturated carbocycles. The van der Waals surface area contributed by atoms with Crippen LogP contribution in [0.1, 0.15) is 58.0 Å². The minimum atomic E-state index is -4.15. The largest absolute Gasteiger partial charge is 0.378 e. The summed E-state index contributed by atoms with van der Waals surface area (Å²) < 4.78 is 30.5. The van der Waals surface area contributed by atoms with Gasteiger partial charge in [-0.3, -0.25) is 9.59 Å². The summed E-state index contributed by atoms with van der Waals surface area (Å²) in [7, 11) is -4.15. The van der Waals surface area contributed by atoms with Crippen molar-refractivity contribution in [2.45, 2.75) is 38.0 Å². The van der Waals surface area contributed by atoms with Crippen LogP contribution in [0.5, 0.6) is 5.75 Å². The number of benzene rings is 2. The van der Waals surface area contributed by atoms with Crippen molar-refractivity contribution < 1.29 is 22.2 Å². The Morgan fingerprint density at radius 2 is 1.92 bits per heavy atom. The molecule has 130 valence electrons. The van der Waals surface area contributed by atoms with Crippen molar-refractivity contribution in [2.75, 3.05) is 0 Å². The van der Waals surface area contributed by atoms with Gasteiger partial charge in [0.2, 0.25) is 0 Å². The molecule has 25 heavy (non-hydrogen) atoms. The molecule has 0 fully saturated rings. The lowest BCUT2D eigenvalue weighted by molar-refractivity contribution is 0.0986. The molecule has 0 spiro atoms. The molecular weight excluding hydrogens is 340 g/mol. The first-order chi connectivity index (χ1) is 11.7. The lowest BCUT2D eigenvalue weighted by Gasteiger charge is -2.13. The number of rotatable bonds is 4. The second-order valence-corrected chi connectivity index (χ2v) is 7.87. The maximum atomic E-state index is 12.6. The van der Waals surface area contributed by atoms with Crippen LogP contribution in [0.15, 0.2) is 41.3 Å². The molecule has 1 atom stereocenters. The summed E-state index contributed by atoms with van der Waals surface area (Å²) in [6.07, 6.45) is 0.344. The van der Waals surface area contributed by atoms with E-state index >= 15 is 0 Å². The highest BCUT2D eigenvalue weighted by molar-refractivity contribution is 7.87. The van der Waals surface area contributed by atoms with Gasteiger partial charge in [0.25, 0.3) is 0 Å². The van der Waals surface area contributed by atoms with E-state index in [9.17, 15) is 18.0 Å². The van der Waals surface area contributed by atoms with E-state index in [0.717, 1.165) is 11.1 Å². The van der Waals surface area contributed by atoms with E-state index in [4.69, 9.17) is 4.18 Å². The van der Waals surface area contributed by atoms with Crippen LogP contribution in [-0.4, -0.2) is 20.0 Å². The molecule has 0 aromatic heterocycles. The number of aryl methyl sites for hydroxylation is 1. The number of ketones is 2. The molecule has 0 radical (unpaired) electrons. The lowest BCUT2D eigenvalue weighted by Crippen LogP contribution is -2.13. The Balaban J connectivity index is 2.05. The minimum Gasteiger partial charge on any atom is -0.378 e. The second kappa shape index (κ2) is 6.11. The molecule has 1 aliphatic carbocycles. The molecule has 3 rings (SSSR count). The number of carbonyl (C=O) groups is 2. The zero-order valence-corrected chi connectivity index (χ0v) is 15.0. The van der Waals surface area contributed by atoms with Crippen molar-refractivity contribution in [2.24, 2.45) is 0 Å². The van der Waals surface area contributed by atoms with Gasteiger partial charge in [0.15, 0.2) is 17.3 Å². The van der Waals surface area contributed by atoms with Crippen molar-refractivity contribution in [3.63, 3.8) is 0 Å². The van der Waals surface area contributed by atoms with E-state index in [1.165, 1.54) is 37.3 Å². The summed E-state index contributed by atoms with van der Waals surface area (Å²) >= 11 is 0. The van der Waals surface area contributed by atoms with Gasteiger partial charge in [0.05, 0.1) is 5.56 Å². The normalized spacial score (nSPS) is 16.6. The Morgan fingerprint density at radius 3 is 2.60 bits per heavy atom. The fraction of sp³-hybridized carbons (Fsp3) is 0.263. The van der Waals surface area contributed by atoms with Crippen molar-refractivity contribution in [1.29, 1.82) is 0 Å². The number of carbonyl (C=O) groups excluding carboxylic acids is 2. The van der Waals surface area contributed by atoms with E-state index in [1.54, 1.807) is 6.07 Å². The molecule has 0 bridgehead atoms. The van der Waals surface area contributed by atoms with Crippen molar-refractivity contribution in [3.05, 3.63) is 58.7 Å². The number of Topliss-reactive ketones (excluding diaryl/α,β-unsaturated/α-hetero) is 2. The van der Waals surface area contributed by atoms with Gasteiger partial charge >= 0.3 is 10.1 Å². The standard InChI is InChI=1S/C19H18O5S/c1-11-7-8-17(19-16(21)9-12(2)18(11)19)24-25(22,23)15-6-4-5-14(10-15)13(3)20/h4-8,10,12H,9H2,1-3H3/t12-/m1/s1. The molecule has 2 aromatic rings. The Hall–Kier alpha value is -2.47. The SMILES string of the molecule is CC(=O)c1cccc(S(=O)(=O)Oc2ccc(C)c3c2C(=O)C[C@H]3C)c1. The number of hydrogen-bond acceptors (Lipinski definition) is 5. The van der Waals surface area contributed by atoms with Gasteiger partial charge in [-0.1, -0.05) is 25.1 Å². The first-order valence-electron chi connectivity index (χ1n) is 7.93. The van der Waals surface area contributed by atoms with Crippen LogP contribution in [0.3, 0.4) is 0 Å². The molecule has 2 aromatic carbocycles. The third-order valence-corrected chi connectivity index (χ3v) is 5.65. The van der Waals surface area contributed by atoms with Gasteiger partial charge in [-0.15, -0.1) is 0 Å². The van der Waals surface area contributed by atoms with Crippen LogP contribution in [0.25, 0.3) is 0 Å². The molecule has 0 amide bonds. The van der Waals surface area contributed by atoms with E-state index in [1.807, 2.05) is 13.8 Å². The Kier molecular flexibility index (Phi) is 4.24. The Morgan fingerprint density at radius 1 is 1.20 bits per heavy atom. The van der Waals surface area contributed by atoms with Crippen LogP contribution >= 0.6 is 0 Å². The van der Waals surface area contributed by atoms with Gasteiger partial charge in [-0.25, -0.2) is 0 Å². The van der Waals surface area contributed by atoms with Gasteiger partial charge in [-0.05, 0) is 49.1 Å². The molecular formula is C19H18O5S. The Labute approximate surface area is 146 Å². The molecule has 0 heterocycles. The van der Waals surface area contributed by atoms with E-state index in [-0.39, 0.29) is 33.7 Å². The van der Waals surface area contributed by atoms with Crippen molar-refractivity contribution >= 4 is 21.7 Å². The van der Waals surface area contributed by atoms with Crippen LogP contribution < -0.4 is 4.18 Å². The average molecular weight is 358 g/mol. The molecule has 0 unspecified atom stereocenters. The number of fused-ring (bicyclic) bond motifs is 1. The number of hydrogen-bond donors (Lipinski definition) is 0. The van der Waals surface area contributed by atoms with E-state index in [2.05, 4.69) is 0 Å². The fourth-order valence-corrected chi connectivity index (χ4v) is 4.20. The maximum Gasteiger partial charge on any atom is 0.339 e. The zero-order chi connectivity index (χ0) is 18.4. The smallest absolute Gasteiger partial charge is 0.339 e.